The summed E-state index contributed by atoms with van der Waals surface area (Å²) in [7, 11) is 0. The van der Waals surface area contributed by atoms with E-state index >= 15 is 0 Å². The summed E-state index contributed by atoms with van der Waals surface area (Å²) >= 11 is 2.19. The topological polar surface area (TPSA) is 78.9 Å². The minimum atomic E-state index is -0.141. The van der Waals surface area contributed by atoms with Crippen molar-refractivity contribution in [3.63, 3.8) is 0 Å². The molecule has 1 aromatic heterocycles. The fourth-order valence-corrected chi connectivity index (χ4v) is 3.62. The molecule has 0 aliphatic carbocycles. The Morgan fingerprint density at radius 3 is 2.16 bits per heavy atom. The van der Waals surface area contributed by atoms with Crippen molar-refractivity contribution in [2.24, 2.45) is 0 Å². The van der Waals surface area contributed by atoms with Crippen molar-refractivity contribution in [2.45, 2.75) is 13.8 Å². The van der Waals surface area contributed by atoms with Crippen LogP contribution in [0.2, 0.25) is 0 Å². The molecule has 7 heteroatoms. The van der Waals surface area contributed by atoms with Crippen LogP contribution < -0.4 is 16.0 Å². The fraction of sp³-hybridized carbons (Fsp3) is 0.0800. The number of rotatable bonds is 6. The molecule has 0 spiro atoms. The summed E-state index contributed by atoms with van der Waals surface area (Å²) in [5.41, 5.74) is 5.18. The summed E-state index contributed by atoms with van der Waals surface area (Å²) in [4.78, 5) is 21.5. The number of nitrogens with one attached hydrogen (secondary N) is 3. The normalized spacial score (nSPS) is 10.5. The van der Waals surface area contributed by atoms with Gasteiger partial charge in [-0.25, -0.2) is 4.98 Å². The van der Waals surface area contributed by atoms with Crippen molar-refractivity contribution in [3.8, 4) is 0 Å². The number of aryl methyl sites for hydroxylation is 2. The van der Waals surface area contributed by atoms with Crippen LogP contribution in [0, 0.1) is 17.4 Å². The molecule has 0 radical (unpaired) electrons. The molecule has 1 heterocycles. The average Bonchev–Trinajstić information content (AvgIpc) is 2.76. The van der Waals surface area contributed by atoms with E-state index < -0.39 is 0 Å². The summed E-state index contributed by atoms with van der Waals surface area (Å²) < 4.78 is 1.02. The first-order chi connectivity index (χ1) is 15.4. The van der Waals surface area contributed by atoms with Crippen molar-refractivity contribution >= 4 is 57.3 Å². The van der Waals surface area contributed by atoms with Gasteiger partial charge in [0.05, 0.1) is 0 Å². The summed E-state index contributed by atoms with van der Waals surface area (Å²) in [6.07, 6.45) is 0. The van der Waals surface area contributed by atoms with E-state index in [9.17, 15) is 4.79 Å². The first kappa shape index (κ1) is 21.8. The molecular formula is C25H22IN5O. The average molecular weight is 535 g/mol. The van der Waals surface area contributed by atoms with Crippen molar-refractivity contribution in [3.05, 3.63) is 99.3 Å². The number of benzene rings is 3. The van der Waals surface area contributed by atoms with Gasteiger partial charge >= 0.3 is 0 Å². The Hall–Kier alpha value is -3.46. The molecule has 160 valence electrons. The summed E-state index contributed by atoms with van der Waals surface area (Å²) in [6.45, 7) is 3.98. The molecule has 3 N–H and O–H groups in total. The number of anilines is 5. The third-order valence-corrected chi connectivity index (χ3v) is 5.33. The van der Waals surface area contributed by atoms with Gasteiger partial charge in [0.15, 0.2) is 0 Å². The van der Waals surface area contributed by atoms with E-state index in [0.717, 1.165) is 20.6 Å². The number of nitrogens with zero attached hydrogens (tertiary/aromatic N) is 2. The third kappa shape index (κ3) is 5.82. The zero-order valence-corrected chi connectivity index (χ0v) is 19.8. The lowest BCUT2D eigenvalue weighted by Crippen LogP contribution is -2.11. The maximum Gasteiger partial charge on any atom is 0.255 e. The summed E-state index contributed by atoms with van der Waals surface area (Å²) in [6, 6.07) is 24.9. The third-order valence-electron chi connectivity index (χ3n) is 4.66. The van der Waals surface area contributed by atoms with Crippen LogP contribution in [0.1, 0.15) is 21.6 Å². The van der Waals surface area contributed by atoms with Gasteiger partial charge in [0.2, 0.25) is 5.95 Å². The Morgan fingerprint density at radius 1 is 0.781 bits per heavy atom. The molecule has 0 aliphatic heterocycles. The smallest absolute Gasteiger partial charge is 0.255 e. The van der Waals surface area contributed by atoms with Gasteiger partial charge in [-0.15, -0.1) is 0 Å². The fourth-order valence-electron chi connectivity index (χ4n) is 3.07. The minimum Gasteiger partial charge on any atom is -0.340 e. The molecule has 0 unspecified atom stereocenters. The number of hydrogen-bond donors (Lipinski definition) is 3. The first-order valence-electron chi connectivity index (χ1n) is 10.1. The van der Waals surface area contributed by atoms with Gasteiger partial charge in [0, 0.05) is 38.0 Å². The second kappa shape index (κ2) is 9.78. The van der Waals surface area contributed by atoms with Gasteiger partial charge in [0.1, 0.15) is 5.82 Å². The van der Waals surface area contributed by atoms with E-state index in [2.05, 4.69) is 67.6 Å². The highest BCUT2D eigenvalue weighted by molar-refractivity contribution is 14.1. The Bertz CT molecular complexity index is 1240. The minimum absolute atomic E-state index is 0.141. The van der Waals surface area contributed by atoms with Gasteiger partial charge in [-0.05, 0) is 91.0 Å². The van der Waals surface area contributed by atoms with Crippen molar-refractivity contribution in [1.29, 1.82) is 0 Å². The van der Waals surface area contributed by atoms with Crippen LogP contribution in [0.4, 0.5) is 28.8 Å². The molecule has 3 aromatic carbocycles. The van der Waals surface area contributed by atoms with Crippen molar-refractivity contribution in [2.75, 3.05) is 16.0 Å². The number of aromatic nitrogens is 2. The Kier molecular flexibility index (Phi) is 6.65. The maximum atomic E-state index is 12.4. The van der Waals surface area contributed by atoms with E-state index in [4.69, 9.17) is 0 Å². The van der Waals surface area contributed by atoms with Crippen LogP contribution in [-0.2, 0) is 0 Å². The molecule has 0 bridgehead atoms. The van der Waals surface area contributed by atoms with Crippen LogP contribution in [0.3, 0.4) is 0 Å². The molecule has 4 rings (SSSR count). The zero-order chi connectivity index (χ0) is 22.5. The van der Waals surface area contributed by atoms with E-state index in [-0.39, 0.29) is 5.91 Å². The molecule has 6 nitrogen and oxygen atoms in total. The largest absolute Gasteiger partial charge is 0.340 e. The van der Waals surface area contributed by atoms with Crippen molar-refractivity contribution < 1.29 is 4.79 Å². The number of carbonyl (C=O) groups is 1. The molecule has 4 aromatic rings. The maximum absolute atomic E-state index is 12.4. The highest BCUT2D eigenvalue weighted by atomic mass is 127. The Balaban J connectivity index is 1.43. The Morgan fingerprint density at radius 2 is 1.44 bits per heavy atom. The number of halogens is 1. The molecule has 0 atom stereocenters. The van der Waals surface area contributed by atoms with Crippen LogP contribution in [0.15, 0.2) is 78.9 Å². The van der Waals surface area contributed by atoms with Crippen molar-refractivity contribution in [1.82, 2.24) is 9.97 Å². The van der Waals surface area contributed by atoms with Crippen LogP contribution >= 0.6 is 22.6 Å². The van der Waals surface area contributed by atoms with E-state index in [0.29, 0.717) is 23.0 Å². The molecule has 0 saturated carbocycles. The van der Waals surface area contributed by atoms with Gasteiger partial charge in [-0.1, -0.05) is 23.8 Å². The zero-order valence-electron chi connectivity index (χ0n) is 17.7. The van der Waals surface area contributed by atoms with Gasteiger partial charge in [-0.2, -0.15) is 4.98 Å². The molecule has 0 fully saturated rings. The number of amides is 1. The van der Waals surface area contributed by atoms with Gasteiger partial charge < -0.3 is 16.0 Å². The molecule has 0 aliphatic rings. The predicted octanol–water partition coefficient (Wildman–Crippen LogP) is 6.44. The summed E-state index contributed by atoms with van der Waals surface area (Å²) in [5.74, 6) is 1.07. The van der Waals surface area contributed by atoms with Crippen LogP contribution in [-0.4, -0.2) is 15.9 Å². The van der Waals surface area contributed by atoms with Crippen LogP contribution in [0.25, 0.3) is 0 Å². The van der Waals surface area contributed by atoms with Gasteiger partial charge in [0.25, 0.3) is 5.91 Å². The standard InChI is InChI=1S/C25H22IN5O/c1-16-6-8-20(9-7-16)28-23-14-17(2)27-25(31-23)30-22-12-10-21(11-13-22)29-24(32)18-4-3-5-19(26)15-18/h3-15H,1-2H3,(H,29,32)(H2,27,28,30,31). The second-order valence-corrected chi connectivity index (χ2v) is 8.62. The first-order valence-corrected chi connectivity index (χ1v) is 11.2. The highest BCUT2D eigenvalue weighted by Crippen LogP contribution is 2.21. The molecule has 32 heavy (non-hydrogen) atoms. The van der Waals surface area contributed by atoms with E-state index in [1.807, 2.05) is 67.6 Å². The van der Waals surface area contributed by atoms with Gasteiger partial charge in [-0.3, -0.25) is 4.79 Å². The second-order valence-electron chi connectivity index (χ2n) is 7.38. The molecule has 0 saturated heterocycles. The lowest BCUT2D eigenvalue weighted by atomic mass is 10.2. The summed E-state index contributed by atoms with van der Waals surface area (Å²) in [5, 5.41) is 9.45. The van der Waals surface area contributed by atoms with E-state index in [1.54, 1.807) is 6.07 Å². The Labute approximate surface area is 200 Å². The van der Waals surface area contributed by atoms with E-state index in [1.165, 1.54) is 5.56 Å². The molecular weight excluding hydrogens is 513 g/mol. The number of carbonyl (C=O) groups excluding carboxylic acids is 1. The monoisotopic (exact) mass is 535 g/mol. The van der Waals surface area contributed by atoms with Crippen LogP contribution in [0.5, 0.6) is 0 Å². The highest BCUT2D eigenvalue weighted by Gasteiger charge is 2.07. The predicted molar refractivity (Wildman–Crippen MR) is 138 cm³/mol. The number of hydrogen-bond acceptors (Lipinski definition) is 5. The quantitative estimate of drug-likeness (QED) is 0.248. The lowest BCUT2D eigenvalue weighted by Gasteiger charge is -2.11. The molecule has 1 amide bonds. The SMILES string of the molecule is Cc1ccc(Nc2cc(C)nc(Nc3ccc(NC(=O)c4cccc(I)c4)cc3)n2)cc1. The lowest BCUT2D eigenvalue weighted by molar-refractivity contribution is 0.102.